The number of nitrogens with two attached hydrogens (primary N) is 1. The molecule has 102 valence electrons. The van der Waals surface area contributed by atoms with Gasteiger partial charge in [0, 0.05) is 24.5 Å². The van der Waals surface area contributed by atoms with Crippen LogP contribution in [0.1, 0.15) is 17.8 Å². The number of hydrogen-bond donors (Lipinski definition) is 2. The lowest BCUT2D eigenvalue weighted by atomic mass is 10.2. The second-order valence-corrected chi connectivity index (χ2v) is 4.67. The van der Waals surface area contributed by atoms with E-state index in [1.807, 2.05) is 24.6 Å². The Labute approximate surface area is 112 Å². The van der Waals surface area contributed by atoms with Crippen molar-refractivity contribution in [1.29, 1.82) is 0 Å². The van der Waals surface area contributed by atoms with Gasteiger partial charge < -0.3 is 11.1 Å². The molecule has 0 bridgehead atoms. The third kappa shape index (κ3) is 3.47. The average molecular weight is 262 g/mol. The van der Waals surface area contributed by atoms with Gasteiger partial charge in [0.25, 0.3) is 0 Å². The molecule has 0 radical (unpaired) electrons. The molecule has 0 fully saturated rings. The summed E-state index contributed by atoms with van der Waals surface area (Å²) in [6.45, 7) is 5.53. The van der Waals surface area contributed by atoms with Crippen LogP contribution in [0.3, 0.4) is 0 Å². The fourth-order valence-corrected chi connectivity index (χ4v) is 2.03. The molecule has 19 heavy (non-hydrogen) atoms. The Bertz CT molecular complexity index is 563. The monoisotopic (exact) mass is 262 g/mol. The Kier molecular flexibility index (Phi) is 4.04. The van der Waals surface area contributed by atoms with Gasteiger partial charge in [-0.1, -0.05) is 0 Å². The van der Waals surface area contributed by atoms with Gasteiger partial charge in [-0.05, 0) is 44.5 Å². The lowest BCUT2D eigenvalue weighted by molar-refractivity contribution is 0.572. The first-order valence-corrected chi connectivity index (χ1v) is 6.36. The summed E-state index contributed by atoms with van der Waals surface area (Å²) in [5.41, 5.74) is 8.59. The summed E-state index contributed by atoms with van der Waals surface area (Å²) in [4.78, 5) is 0. The van der Waals surface area contributed by atoms with Crippen molar-refractivity contribution in [3.05, 3.63) is 41.5 Å². The number of nitrogens with one attached hydrogen (secondary N) is 1. The number of benzene rings is 1. The van der Waals surface area contributed by atoms with E-state index < -0.39 is 0 Å². The molecule has 3 N–H and O–H groups in total. The molecule has 1 heterocycles. The summed E-state index contributed by atoms with van der Waals surface area (Å²) in [6, 6.07) is 6.72. The zero-order valence-corrected chi connectivity index (χ0v) is 11.3. The minimum absolute atomic E-state index is 0.314. The molecule has 5 heteroatoms. The van der Waals surface area contributed by atoms with Gasteiger partial charge in [-0.3, -0.25) is 4.68 Å². The molecule has 0 saturated carbocycles. The minimum Gasteiger partial charge on any atom is -0.399 e. The highest BCUT2D eigenvalue weighted by molar-refractivity contribution is 5.52. The van der Waals surface area contributed by atoms with Crippen LogP contribution in [0.5, 0.6) is 0 Å². The van der Waals surface area contributed by atoms with E-state index in [1.54, 1.807) is 12.1 Å². The van der Waals surface area contributed by atoms with Gasteiger partial charge in [0.1, 0.15) is 5.82 Å². The Morgan fingerprint density at radius 3 is 2.74 bits per heavy atom. The van der Waals surface area contributed by atoms with E-state index in [0.29, 0.717) is 17.9 Å². The first-order chi connectivity index (χ1) is 9.06. The van der Waals surface area contributed by atoms with E-state index in [4.69, 9.17) is 5.73 Å². The summed E-state index contributed by atoms with van der Waals surface area (Å²) in [5.74, 6) is -0.314. The van der Waals surface area contributed by atoms with Crippen molar-refractivity contribution in [3.63, 3.8) is 0 Å². The first-order valence-electron chi connectivity index (χ1n) is 6.36. The van der Waals surface area contributed by atoms with Crippen molar-refractivity contribution in [2.24, 2.45) is 0 Å². The standard InChI is InChI=1S/C14H19FN4/c1-10-8-11(2)19(18-10)7-3-6-17-14-5-4-12(16)9-13(14)15/h4-5,8-9,17H,3,6-7,16H2,1-2H3. The number of rotatable bonds is 5. The fraction of sp³-hybridized carbons (Fsp3) is 0.357. The van der Waals surface area contributed by atoms with E-state index >= 15 is 0 Å². The van der Waals surface area contributed by atoms with Crippen LogP contribution in [0.25, 0.3) is 0 Å². The van der Waals surface area contributed by atoms with Crippen molar-refractivity contribution in [2.45, 2.75) is 26.8 Å². The normalized spacial score (nSPS) is 10.7. The predicted molar refractivity (Wildman–Crippen MR) is 75.6 cm³/mol. The van der Waals surface area contributed by atoms with E-state index in [2.05, 4.69) is 10.4 Å². The number of aromatic nitrogens is 2. The van der Waals surface area contributed by atoms with Crippen molar-refractivity contribution in [2.75, 3.05) is 17.6 Å². The van der Waals surface area contributed by atoms with Crippen molar-refractivity contribution in [1.82, 2.24) is 9.78 Å². The smallest absolute Gasteiger partial charge is 0.148 e. The van der Waals surface area contributed by atoms with E-state index in [-0.39, 0.29) is 5.82 Å². The molecule has 0 amide bonds. The van der Waals surface area contributed by atoms with Crippen LogP contribution in [0.4, 0.5) is 15.8 Å². The SMILES string of the molecule is Cc1cc(C)n(CCCNc2ccc(N)cc2F)n1. The molecule has 1 aromatic carbocycles. The summed E-state index contributed by atoms with van der Waals surface area (Å²) >= 11 is 0. The van der Waals surface area contributed by atoms with Crippen LogP contribution >= 0.6 is 0 Å². The Morgan fingerprint density at radius 2 is 2.11 bits per heavy atom. The Morgan fingerprint density at radius 1 is 1.32 bits per heavy atom. The number of hydrogen-bond acceptors (Lipinski definition) is 3. The molecule has 0 spiro atoms. The summed E-state index contributed by atoms with van der Waals surface area (Å²) in [6.07, 6.45) is 0.881. The zero-order chi connectivity index (χ0) is 13.8. The third-order valence-corrected chi connectivity index (χ3v) is 2.96. The molecule has 2 rings (SSSR count). The van der Waals surface area contributed by atoms with E-state index in [0.717, 1.165) is 24.4 Å². The quantitative estimate of drug-likeness (QED) is 0.643. The predicted octanol–water partition coefficient (Wildman–Crippen LogP) is 2.72. The molecule has 0 saturated heterocycles. The molecule has 0 aliphatic rings. The van der Waals surface area contributed by atoms with Gasteiger partial charge in [-0.25, -0.2) is 4.39 Å². The van der Waals surface area contributed by atoms with Gasteiger partial charge in [0.15, 0.2) is 0 Å². The van der Waals surface area contributed by atoms with E-state index in [9.17, 15) is 4.39 Å². The van der Waals surface area contributed by atoms with Crippen molar-refractivity contribution in [3.8, 4) is 0 Å². The summed E-state index contributed by atoms with van der Waals surface area (Å²) < 4.78 is 15.5. The van der Waals surface area contributed by atoms with Crippen LogP contribution < -0.4 is 11.1 Å². The van der Waals surface area contributed by atoms with Crippen molar-refractivity contribution < 1.29 is 4.39 Å². The molecule has 2 aromatic rings. The molecule has 4 nitrogen and oxygen atoms in total. The first kappa shape index (κ1) is 13.4. The number of aryl methyl sites for hydroxylation is 3. The van der Waals surface area contributed by atoms with Gasteiger partial charge in [0.05, 0.1) is 11.4 Å². The number of nitrogens with zero attached hydrogens (tertiary/aromatic N) is 2. The summed E-state index contributed by atoms with van der Waals surface area (Å²) in [5, 5.41) is 7.45. The third-order valence-electron chi connectivity index (χ3n) is 2.96. The van der Waals surface area contributed by atoms with Gasteiger partial charge in [0.2, 0.25) is 0 Å². The number of halogens is 1. The molecular weight excluding hydrogens is 243 g/mol. The largest absolute Gasteiger partial charge is 0.399 e. The maximum Gasteiger partial charge on any atom is 0.148 e. The highest BCUT2D eigenvalue weighted by atomic mass is 19.1. The maximum absolute atomic E-state index is 13.5. The van der Waals surface area contributed by atoms with Crippen LogP contribution in [0, 0.1) is 19.7 Å². The van der Waals surface area contributed by atoms with Crippen LogP contribution in [-0.4, -0.2) is 16.3 Å². The lowest BCUT2D eigenvalue weighted by Crippen LogP contribution is -2.09. The maximum atomic E-state index is 13.5. The second kappa shape index (κ2) is 5.73. The molecule has 1 aromatic heterocycles. The molecule has 0 unspecified atom stereocenters. The Balaban J connectivity index is 1.82. The second-order valence-electron chi connectivity index (χ2n) is 4.67. The Hall–Kier alpha value is -2.04. The van der Waals surface area contributed by atoms with Crippen LogP contribution in [0.15, 0.2) is 24.3 Å². The lowest BCUT2D eigenvalue weighted by Gasteiger charge is -2.09. The highest BCUT2D eigenvalue weighted by Gasteiger charge is 2.03. The molecule has 0 aliphatic heterocycles. The van der Waals surface area contributed by atoms with Crippen LogP contribution in [0.2, 0.25) is 0 Å². The van der Waals surface area contributed by atoms with Crippen molar-refractivity contribution >= 4 is 11.4 Å². The van der Waals surface area contributed by atoms with Crippen LogP contribution in [-0.2, 0) is 6.54 Å². The zero-order valence-electron chi connectivity index (χ0n) is 11.3. The van der Waals surface area contributed by atoms with Gasteiger partial charge >= 0.3 is 0 Å². The average Bonchev–Trinajstić information content (AvgIpc) is 2.65. The molecule has 0 atom stereocenters. The molecular formula is C14H19FN4. The summed E-state index contributed by atoms with van der Waals surface area (Å²) in [7, 11) is 0. The minimum atomic E-state index is -0.314. The highest BCUT2D eigenvalue weighted by Crippen LogP contribution is 2.16. The topological polar surface area (TPSA) is 55.9 Å². The fourth-order valence-electron chi connectivity index (χ4n) is 2.03. The molecule has 0 aliphatic carbocycles. The van der Waals surface area contributed by atoms with E-state index in [1.165, 1.54) is 6.07 Å². The van der Waals surface area contributed by atoms with Gasteiger partial charge in [-0.15, -0.1) is 0 Å². The number of anilines is 2. The van der Waals surface area contributed by atoms with Gasteiger partial charge in [-0.2, -0.15) is 5.10 Å². The number of nitrogen functional groups attached to an aromatic ring is 1.